The van der Waals surface area contributed by atoms with Crippen molar-refractivity contribution in [2.24, 2.45) is 5.41 Å². The van der Waals surface area contributed by atoms with E-state index in [1.54, 1.807) is 11.8 Å². The first-order valence-electron chi connectivity index (χ1n) is 5.82. The highest BCUT2D eigenvalue weighted by Gasteiger charge is 2.42. The zero-order valence-corrected chi connectivity index (χ0v) is 11.2. The first-order valence-corrected chi connectivity index (χ1v) is 6.59. The molecule has 0 aliphatic carbocycles. The molecule has 1 amide bonds. The lowest BCUT2D eigenvalue weighted by atomic mass is 9.90. The Morgan fingerprint density at radius 2 is 2.28 bits per heavy atom. The minimum absolute atomic E-state index is 0.146. The molecule has 0 saturated carbocycles. The number of hydrogen-bond acceptors (Lipinski definition) is 5. The Labute approximate surface area is 109 Å². The molecule has 6 nitrogen and oxygen atoms in total. The summed E-state index contributed by atoms with van der Waals surface area (Å²) in [7, 11) is 0. The van der Waals surface area contributed by atoms with E-state index in [-0.39, 0.29) is 12.5 Å². The molecule has 7 heteroatoms. The average Bonchev–Trinajstić information content (AvgIpc) is 2.94. The predicted octanol–water partition coefficient (Wildman–Crippen LogP) is 1.04. The van der Waals surface area contributed by atoms with Crippen molar-refractivity contribution in [3.05, 3.63) is 10.6 Å². The van der Waals surface area contributed by atoms with E-state index in [0.717, 1.165) is 11.5 Å². The van der Waals surface area contributed by atoms with Gasteiger partial charge in [-0.3, -0.25) is 9.59 Å². The number of carboxylic acids is 1. The first kappa shape index (κ1) is 12.9. The summed E-state index contributed by atoms with van der Waals surface area (Å²) in [5.74, 6) is -0.997. The van der Waals surface area contributed by atoms with Crippen molar-refractivity contribution in [1.82, 2.24) is 14.5 Å². The third-order valence-electron chi connectivity index (χ3n) is 3.36. The van der Waals surface area contributed by atoms with Gasteiger partial charge in [0.25, 0.3) is 5.91 Å². The van der Waals surface area contributed by atoms with Gasteiger partial charge in [0.2, 0.25) is 0 Å². The summed E-state index contributed by atoms with van der Waals surface area (Å²) in [5, 5.41) is 13.0. The minimum atomic E-state index is -0.851. The number of nitrogens with zero attached hydrogens (tertiary/aromatic N) is 3. The summed E-state index contributed by atoms with van der Waals surface area (Å²) in [5.41, 5.74) is -0.144. The van der Waals surface area contributed by atoms with Crippen LogP contribution in [0.4, 0.5) is 0 Å². The number of carbonyl (C=O) groups excluding carboxylic acids is 1. The van der Waals surface area contributed by atoms with Gasteiger partial charge in [-0.25, -0.2) is 0 Å². The van der Waals surface area contributed by atoms with Gasteiger partial charge in [-0.1, -0.05) is 11.4 Å². The normalized spacial score (nSPS) is 23.3. The fourth-order valence-corrected chi connectivity index (χ4v) is 2.77. The van der Waals surface area contributed by atoms with Crippen LogP contribution in [0.3, 0.4) is 0 Å². The van der Waals surface area contributed by atoms with Gasteiger partial charge in [0.05, 0.1) is 11.1 Å². The molecule has 98 valence electrons. The first-order chi connectivity index (χ1) is 8.48. The van der Waals surface area contributed by atoms with Crippen LogP contribution in [0.5, 0.6) is 0 Å². The molecule has 1 atom stereocenters. The van der Waals surface area contributed by atoms with E-state index < -0.39 is 11.4 Å². The van der Waals surface area contributed by atoms with Gasteiger partial charge in [-0.05, 0) is 31.3 Å². The van der Waals surface area contributed by atoms with E-state index in [9.17, 15) is 9.59 Å². The Bertz CT molecular complexity index is 488. The van der Waals surface area contributed by atoms with Crippen molar-refractivity contribution in [3.8, 4) is 0 Å². The summed E-state index contributed by atoms with van der Waals surface area (Å²) >= 11 is 1.08. The van der Waals surface area contributed by atoms with Crippen molar-refractivity contribution in [2.75, 3.05) is 13.1 Å². The van der Waals surface area contributed by atoms with Gasteiger partial charge >= 0.3 is 5.97 Å². The van der Waals surface area contributed by atoms with E-state index >= 15 is 0 Å². The van der Waals surface area contributed by atoms with E-state index in [0.29, 0.717) is 30.0 Å². The second kappa shape index (κ2) is 4.64. The van der Waals surface area contributed by atoms with Crippen LogP contribution >= 0.6 is 11.5 Å². The standard InChI is InChI=1S/C11H15N3O3S/c1-3-7-8(18-13-12-7)9(15)14-5-4-11(2,6-14)10(16)17/h3-6H2,1-2H3,(H,16,17)/t11-/m1/s1. The quantitative estimate of drug-likeness (QED) is 0.886. The summed E-state index contributed by atoms with van der Waals surface area (Å²) in [6.45, 7) is 4.32. The smallest absolute Gasteiger partial charge is 0.311 e. The molecule has 0 aromatic carbocycles. The molecule has 1 aromatic rings. The fourth-order valence-electron chi connectivity index (χ4n) is 2.05. The van der Waals surface area contributed by atoms with Gasteiger partial charge in [0, 0.05) is 13.1 Å². The number of aromatic nitrogens is 2. The second-order valence-electron chi connectivity index (χ2n) is 4.74. The van der Waals surface area contributed by atoms with Crippen LogP contribution < -0.4 is 0 Å². The van der Waals surface area contributed by atoms with E-state index in [2.05, 4.69) is 9.59 Å². The number of likely N-dealkylation sites (tertiary alicyclic amines) is 1. The molecule has 1 aliphatic heterocycles. The topological polar surface area (TPSA) is 83.4 Å². The third-order valence-corrected chi connectivity index (χ3v) is 4.12. The lowest BCUT2D eigenvalue weighted by Crippen LogP contribution is -2.34. The van der Waals surface area contributed by atoms with Crippen LogP contribution in [0.2, 0.25) is 0 Å². The van der Waals surface area contributed by atoms with Crippen LogP contribution in [-0.2, 0) is 11.2 Å². The van der Waals surface area contributed by atoms with E-state index in [1.165, 1.54) is 0 Å². The molecular weight excluding hydrogens is 254 g/mol. The van der Waals surface area contributed by atoms with Gasteiger partial charge in [0.1, 0.15) is 4.88 Å². The number of aryl methyl sites for hydroxylation is 1. The van der Waals surface area contributed by atoms with Crippen LogP contribution in [0, 0.1) is 5.41 Å². The third kappa shape index (κ3) is 2.10. The molecule has 1 aromatic heterocycles. The number of carbonyl (C=O) groups is 2. The summed E-state index contributed by atoms with van der Waals surface area (Å²) in [6, 6.07) is 0. The van der Waals surface area contributed by atoms with Crippen molar-refractivity contribution >= 4 is 23.4 Å². The van der Waals surface area contributed by atoms with Crippen molar-refractivity contribution in [1.29, 1.82) is 0 Å². The van der Waals surface area contributed by atoms with Gasteiger partial charge in [-0.2, -0.15) is 0 Å². The Morgan fingerprint density at radius 1 is 1.56 bits per heavy atom. The monoisotopic (exact) mass is 269 g/mol. The lowest BCUT2D eigenvalue weighted by molar-refractivity contribution is -0.147. The summed E-state index contributed by atoms with van der Waals surface area (Å²) in [6.07, 6.45) is 1.14. The average molecular weight is 269 g/mol. The summed E-state index contributed by atoms with van der Waals surface area (Å²) in [4.78, 5) is 25.5. The molecular formula is C11H15N3O3S. The van der Waals surface area contributed by atoms with Gasteiger partial charge in [0.15, 0.2) is 0 Å². The number of hydrogen-bond donors (Lipinski definition) is 1. The fraction of sp³-hybridized carbons (Fsp3) is 0.636. The molecule has 1 aliphatic rings. The SMILES string of the molecule is CCc1nnsc1C(=O)N1CC[C@@](C)(C(=O)O)C1. The Balaban J connectivity index is 2.15. The molecule has 1 saturated heterocycles. The maximum absolute atomic E-state index is 12.3. The van der Waals surface area contributed by atoms with Crippen LogP contribution in [-0.4, -0.2) is 44.6 Å². The summed E-state index contributed by atoms with van der Waals surface area (Å²) < 4.78 is 3.78. The lowest BCUT2D eigenvalue weighted by Gasteiger charge is -2.19. The van der Waals surface area contributed by atoms with Crippen molar-refractivity contribution < 1.29 is 14.7 Å². The van der Waals surface area contributed by atoms with Crippen LogP contribution in [0.25, 0.3) is 0 Å². The Hall–Kier alpha value is -1.50. The molecule has 0 radical (unpaired) electrons. The van der Waals surface area contributed by atoms with E-state index in [4.69, 9.17) is 5.11 Å². The highest BCUT2D eigenvalue weighted by atomic mass is 32.1. The van der Waals surface area contributed by atoms with Gasteiger partial charge in [-0.15, -0.1) is 5.10 Å². The van der Waals surface area contributed by atoms with Crippen LogP contribution in [0.15, 0.2) is 0 Å². The molecule has 1 N–H and O–H groups in total. The maximum atomic E-state index is 12.3. The second-order valence-corrected chi connectivity index (χ2v) is 5.50. The molecule has 1 fully saturated rings. The predicted molar refractivity (Wildman–Crippen MR) is 65.6 cm³/mol. The largest absolute Gasteiger partial charge is 0.481 e. The highest BCUT2D eigenvalue weighted by molar-refractivity contribution is 7.08. The maximum Gasteiger partial charge on any atom is 0.311 e. The molecule has 2 rings (SSSR count). The zero-order chi connectivity index (χ0) is 13.3. The number of rotatable bonds is 3. The molecule has 2 heterocycles. The van der Waals surface area contributed by atoms with Gasteiger partial charge < -0.3 is 10.0 Å². The number of carboxylic acid groups (broad SMARTS) is 1. The zero-order valence-electron chi connectivity index (χ0n) is 10.3. The molecule has 0 bridgehead atoms. The highest BCUT2D eigenvalue weighted by Crippen LogP contribution is 2.31. The van der Waals surface area contributed by atoms with Crippen molar-refractivity contribution in [2.45, 2.75) is 26.7 Å². The minimum Gasteiger partial charge on any atom is -0.481 e. The molecule has 0 unspecified atom stereocenters. The van der Waals surface area contributed by atoms with E-state index in [1.807, 2.05) is 6.92 Å². The molecule has 18 heavy (non-hydrogen) atoms. The Kier molecular flexibility index (Phi) is 3.34. The van der Waals surface area contributed by atoms with Crippen molar-refractivity contribution in [3.63, 3.8) is 0 Å². The van der Waals surface area contributed by atoms with Crippen LogP contribution in [0.1, 0.15) is 35.6 Å². The number of amides is 1. The molecule has 0 spiro atoms. The Morgan fingerprint density at radius 3 is 2.83 bits per heavy atom. The number of aliphatic carboxylic acids is 1.